The van der Waals surface area contributed by atoms with E-state index in [0.29, 0.717) is 11.5 Å². The van der Waals surface area contributed by atoms with E-state index in [-0.39, 0.29) is 12.5 Å². The van der Waals surface area contributed by atoms with Crippen LogP contribution in [0.25, 0.3) is 0 Å². The van der Waals surface area contributed by atoms with Gasteiger partial charge in [0.2, 0.25) is 0 Å². The monoisotopic (exact) mass is 168 g/mol. The van der Waals surface area contributed by atoms with Crippen molar-refractivity contribution in [3.8, 4) is 0 Å². The first kappa shape index (κ1) is 7.11. The number of fused-ring (bicyclic) bond motifs is 1. The predicted molar refractivity (Wildman–Crippen MR) is 40.6 cm³/mol. The lowest BCUT2D eigenvalue weighted by atomic mass is 10.4. The molecule has 64 valence electrons. The number of hydrogen-bond donors (Lipinski definition) is 4. The highest BCUT2D eigenvalue weighted by Gasteiger charge is 2.20. The van der Waals surface area contributed by atoms with E-state index in [2.05, 4.69) is 20.6 Å². The smallest absolute Gasteiger partial charge is 0.273 e. The van der Waals surface area contributed by atoms with Crippen LogP contribution in [0.4, 0.5) is 5.82 Å². The van der Waals surface area contributed by atoms with Crippen molar-refractivity contribution in [3.63, 3.8) is 0 Å². The van der Waals surface area contributed by atoms with Crippen molar-refractivity contribution in [2.24, 2.45) is 0 Å². The van der Waals surface area contributed by atoms with E-state index in [1.54, 1.807) is 0 Å². The molecule has 0 saturated carbocycles. The largest absolute Gasteiger partial charge is 0.372 e. The van der Waals surface area contributed by atoms with Crippen LogP contribution >= 0.6 is 0 Å². The maximum Gasteiger partial charge on any atom is 0.273 e. The normalized spacial score (nSPS) is 22.1. The number of carbonyl (C=O) groups is 1. The topological polar surface area (TPSA) is 90.0 Å². The third-order valence-electron chi connectivity index (χ3n) is 1.63. The van der Waals surface area contributed by atoms with Crippen molar-refractivity contribution >= 4 is 11.7 Å². The molecule has 1 aromatic rings. The van der Waals surface area contributed by atoms with Crippen LogP contribution in [0.3, 0.4) is 0 Å². The van der Waals surface area contributed by atoms with Gasteiger partial charge in [-0.3, -0.25) is 4.79 Å². The number of imidazole rings is 1. The summed E-state index contributed by atoms with van der Waals surface area (Å²) in [4.78, 5) is 17.7. The first-order valence-corrected chi connectivity index (χ1v) is 3.53. The Bertz CT molecular complexity index is 308. The number of amides is 1. The Morgan fingerprint density at radius 3 is 3.33 bits per heavy atom. The quantitative estimate of drug-likeness (QED) is 0.395. The first-order valence-electron chi connectivity index (χ1n) is 3.53. The fourth-order valence-electron chi connectivity index (χ4n) is 1.07. The van der Waals surface area contributed by atoms with Crippen LogP contribution in [0.1, 0.15) is 10.5 Å². The molecule has 0 spiro atoms. The second kappa shape index (κ2) is 2.49. The number of hydrogen-bond acceptors (Lipinski definition) is 4. The van der Waals surface area contributed by atoms with Gasteiger partial charge in [-0.1, -0.05) is 0 Å². The van der Waals surface area contributed by atoms with Crippen molar-refractivity contribution in [1.29, 1.82) is 0 Å². The van der Waals surface area contributed by atoms with Gasteiger partial charge in [0.05, 0.1) is 12.9 Å². The lowest BCUT2D eigenvalue weighted by Crippen LogP contribution is -2.36. The number of aliphatic hydroxyl groups is 1. The van der Waals surface area contributed by atoms with Crippen LogP contribution < -0.4 is 10.6 Å². The van der Waals surface area contributed by atoms with Gasteiger partial charge in [0, 0.05) is 0 Å². The molecule has 6 nitrogen and oxygen atoms in total. The minimum absolute atomic E-state index is 0.267. The number of aliphatic hydroxyl groups excluding tert-OH is 1. The summed E-state index contributed by atoms with van der Waals surface area (Å²) in [7, 11) is 0. The first-order chi connectivity index (χ1) is 5.77. The van der Waals surface area contributed by atoms with Crippen molar-refractivity contribution in [3.05, 3.63) is 12.0 Å². The van der Waals surface area contributed by atoms with Gasteiger partial charge in [0.15, 0.2) is 5.82 Å². The van der Waals surface area contributed by atoms with Crippen molar-refractivity contribution in [1.82, 2.24) is 15.3 Å². The minimum atomic E-state index is -0.861. The van der Waals surface area contributed by atoms with Gasteiger partial charge < -0.3 is 20.7 Å². The zero-order valence-electron chi connectivity index (χ0n) is 6.16. The van der Waals surface area contributed by atoms with Crippen LogP contribution in [0, 0.1) is 0 Å². The van der Waals surface area contributed by atoms with E-state index in [0.717, 1.165) is 0 Å². The Labute approximate surface area is 68.0 Å². The molecule has 1 aliphatic heterocycles. The number of rotatable bonds is 0. The highest BCUT2D eigenvalue weighted by atomic mass is 16.3. The summed E-state index contributed by atoms with van der Waals surface area (Å²) in [6, 6.07) is 0. The van der Waals surface area contributed by atoms with Crippen LogP contribution in [-0.2, 0) is 0 Å². The zero-order valence-corrected chi connectivity index (χ0v) is 6.16. The zero-order chi connectivity index (χ0) is 8.55. The molecule has 0 bridgehead atoms. The molecule has 1 unspecified atom stereocenters. The highest BCUT2D eigenvalue weighted by Crippen LogP contribution is 2.11. The molecule has 1 aliphatic rings. The number of aromatic nitrogens is 2. The van der Waals surface area contributed by atoms with Gasteiger partial charge in [-0.05, 0) is 0 Å². The third kappa shape index (κ3) is 1.02. The van der Waals surface area contributed by atoms with E-state index in [4.69, 9.17) is 5.11 Å². The number of carbonyl (C=O) groups excluding carboxylic acids is 1. The van der Waals surface area contributed by atoms with Crippen molar-refractivity contribution in [2.75, 3.05) is 11.9 Å². The van der Waals surface area contributed by atoms with Crippen molar-refractivity contribution in [2.45, 2.75) is 6.23 Å². The second-order valence-electron chi connectivity index (χ2n) is 2.50. The number of aromatic amines is 1. The molecule has 6 heteroatoms. The second-order valence-corrected chi connectivity index (χ2v) is 2.50. The molecule has 0 aromatic carbocycles. The van der Waals surface area contributed by atoms with Crippen LogP contribution in [0.2, 0.25) is 0 Å². The molecule has 0 saturated heterocycles. The van der Waals surface area contributed by atoms with E-state index < -0.39 is 6.23 Å². The maximum absolute atomic E-state index is 11.2. The maximum atomic E-state index is 11.2. The summed E-state index contributed by atoms with van der Waals surface area (Å²) in [5, 5.41) is 14.3. The standard InChI is InChI=1S/C6H8N4O2/c11-3-1-7-5-4(6(12)10-3)8-2-9-5/h2-3,7,11H,1H2,(H,8,9)(H,10,12). The highest BCUT2D eigenvalue weighted by molar-refractivity contribution is 5.97. The molecule has 0 radical (unpaired) electrons. The molecule has 2 rings (SSSR count). The molecule has 12 heavy (non-hydrogen) atoms. The molecule has 0 fully saturated rings. The minimum Gasteiger partial charge on any atom is -0.372 e. The molecular formula is C6H8N4O2. The number of nitrogens with one attached hydrogen (secondary N) is 3. The van der Waals surface area contributed by atoms with Gasteiger partial charge in [0.25, 0.3) is 5.91 Å². The van der Waals surface area contributed by atoms with E-state index >= 15 is 0 Å². The molecule has 1 atom stereocenters. The Hall–Kier alpha value is -1.56. The fraction of sp³-hybridized carbons (Fsp3) is 0.333. The van der Waals surface area contributed by atoms with E-state index in [1.165, 1.54) is 6.33 Å². The third-order valence-corrected chi connectivity index (χ3v) is 1.63. The summed E-state index contributed by atoms with van der Waals surface area (Å²) >= 11 is 0. The summed E-state index contributed by atoms with van der Waals surface area (Å²) in [6.45, 7) is 0.267. The lowest BCUT2D eigenvalue weighted by Gasteiger charge is -2.06. The number of anilines is 1. The van der Waals surface area contributed by atoms with Gasteiger partial charge in [-0.2, -0.15) is 0 Å². The van der Waals surface area contributed by atoms with Gasteiger partial charge in [-0.25, -0.2) is 4.98 Å². The van der Waals surface area contributed by atoms with Crippen LogP contribution in [0.5, 0.6) is 0 Å². The molecule has 1 amide bonds. The molecule has 4 N–H and O–H groups in total. The number of H-pyrrole nitrogens is 1. The Kier molecular flexibility index (Phi) is 1.47. The van der Waals surface area contributed by atoms with E-state index in [1.807, 2.05) is 0 Å². The summed E-state index contributed by atoms with van der Waals surface area (Å²) in [6.07, 6.45) is 0.565. The summed E-state index contributed by atoms with van der Waals surface area (Å²) in [5.41, 5.74) is 0.353. The Morgan fingerprint density at radius 1 is 1.67 bits per heavy atom. The summed E-state index contributed by atoms with van der Waals surface area (Å²) in [5.74, 6) is 0.129. The molecule has 2 heterocycles. The number of nitrogens with zero attached hydrogens (tertiary/aromatic N) is 1. The average molecular weight is 168 g/mol. The average Bonchev–Trinajstić information content (AvgIpc) is 2.43. The van der Waals surface area contributed by atoms with Crippen molar-refractivity contribution < 1.29 is 9.90 Å². The number of β-amino-alcohol motifs (C(OH)–C–C–N with tert-alkyl or cyclic N) is 1. The Balaban J connectivity index is 2.35. The Morgan fingerprint density at radius 2 is 2.50 bits per heavy atom. The molecule has 1 aromatic heterocycles. The predicted octanol–water partition coefficient (Wildman–Crippen LogP) is -1.12. The lowest BCUT2D eigenvalue weighted by molar-refractivity contribution is 0.0813. The van der Waals surface area contributed by atoms with Gasteiger partial charge in [0.1, 0.15) is 11.9 Å². The molecule has 0 aliphatic carbocycles. The molecular weight excluding hydrogens is 160 g/mol. The SMILES string of the molecule is O=C1NC(O)CNc2nc[nH]c21. The fourth-order valence-corrected chi connectivity index (χ4v) is 1.07. The van der Waals surface area contributed by atoms with Crippen LogP contribution in [0.15, 0.2) is 6.33 Å². The summed E-state index contributed by atoms with van der Waals surface area (Å²) < 4.78 is 0. The van der Waals surface area contributed by atoms with E-state index in [9.17, 15) is 4.79 Å². The van der Waals surface area contributed by atoms with Crippen LogP contribution in [-0.4, -0.2) is 33.8 Å². The van der Waals surface area contributed by atoms with Gasteiger partial charge in [-0.15, -0.1) is 0 Å². The van der Waals surface area contributed by atoms with Gasteiger partial charge >= 0.3 is 0 Å².